The lowest BCUT2D eigenvalue weighted by molar-refractivity contribution is 0.0772. The van der Waals surface area contributed by atoms with E-state index in [0.717, 1.165) is 19.6 Å². The number of nitrogens with zero attached hydrogens (tertiary/aromatic N) is 4. The number of carbonyl (C=O) groups is 1. The second kappa shape index (κ2) is 7.84. The number of aliphatic hydroxyl groups excluding tert-OH is 1. The molecule has 0 bridgehead atoms. The van der Waals surface area contributed by atoms with E-state index in [4.69, 9.17) is 0 Å². The Morgan fingerprint density at radius 1 is 1.17 bits per heavy atom. The van der Waals surface area contributed by atoms with Crippen molar-refractivity contribution < 1.29 is 9.90 Å². The standard InChI is InChI=1S/C17H26N4O2/c22-13-15-12-21(17(23)16-6-5-7-18-19-16)11-14(15)10-20-8-3-1-2-4-9-20/h5-7,14-15,22H,1-4,8-13H2/t14-,15-/m0/s1. The molecule has 2 aliphatic rings. The predicted octanol–water partition coefficient (Wildman–Crippen LogP) is 1.03. The molecule has 3 rings (SSSR count). The lowest BCUT2D eigenvalue weighted by Crippen LogP contribution is -2.35. The van der Waals surface area contributed by atoms with E-state index < -0.39 is 0 Å². The van der Waals surface area contributed by atoms with Crippen LogP contribution in [0.4, 0.5) is 0 Å². The molecule has 2 saturated heterocycles. The fourth-order valence-electron chi connectivity index (χ4n) is 3.75. The molecule has 1 aromatic heterocycles. The first-order valence-electron chi connectivity index (χ1n) is 8.68. The maximum Gasteiger partial charge on any atom is 0.274 e. The van der Waals surface area contributed by atoms with Gasteiger partial charge >= 0.3 is 0 Å². The summed E-state index contributed by atoms with van der Waals surface area (Å²) in [5.41, 5.74) is 0.389. The van der Waals surface area contributed by atoms with Crippen molar-refractivity contribution in [2.45, 2.75) is 25.7 Å². The van der Waals surface area contributed by atoms with E-state index in [1.165, 1.54) is 25.7 Å². The van der Waals surface area contributed by atoms with Gasteiger partial charge in [-0.1, -0.05) is 12.8 Å². The van der Waals surface area contributed by atoms with Crippen LogP contribution in [0.15, 0.2) is 18.3 Å². The van der Waals surface area contributed by atoms with Crippen molar-refractivity contribution in [2.24, 2.45) is 11.8 Å². The summed E-state index contributed by atoms with van der Waals surface area (Å²) >= 11 is 0. The minimum absolute atomic E-state index is 0.0742. The Morgan fingerprint density at radius 2 is 1.91 bits per heavy atom. The Morgan fingerprint density at radius 3 is 2.57 bits per heavy atom. The molecule has 126 valence electrons. The number of likely N-dealkylation sites (tertiary alicyclic amines) is 2. The van der Waals surface area contributed by atoms with Gasteiger partial charge in [-0.25, -0.2) is 0 Å². The Balaban J connectivity index is 1.62. The van der Waals surface area contributed by atoms with Crippen LogP contribution in [-0.2, 0) is 0 Å². The van der Waals surface area contributed by atoms with Crippen LogP contribution < -0.4 is 0 Å². The van der Waals surface area contributed by atoms with E-state index in [1.807, 2.05) is 4.90 Å². The van der Waals surface area contributed by atoms with E-state index >= 15 is 0 Å². The fraction of sp³-hybridized carbons (Fsp3) is 0.706. The molecular weight excluding hydrogens is 292 g/mol. The third-order valence-electron chi connectivity index (χ3n) is 5.08. The number of hydrogen-bond donors (Lipinski definition) is 1. The quantitative estimate of drug-likeness (QED) is 0.898. The van der Waals surface area contributed by atoms with Crippen LogP contribution in [0, 0.1) is 11.8 Å². The van der Waals surface area contributed by atoms with Crippen LogP contribution in [0.25, 0.3) is 0 Å². The number of rotatable bonds is 4. The Labute approximate surface area is 137 Å². The van der Waals surface area contributed by atoms with E-state index in [1.54, 1.807) is 18.3 Å². The first-order valence-corrected chi connectivity index (χ1v) is 8.68. The zero-order chi connectivity index (χ0) is 16.1. The zero-order valence-corrected chi connectivity index (χ0v) is 13.6. The summed E-state index contributed by atoms with van der Waals surface area (Å²) in [5.74, 6) is 0.438. The lowest BCUT2D eigenvalue weighted by Gasteiger charge is -2.26. The molecule has 2 atom stereocenters. The smallest absolute Gasteiger partial charge is 0.274 e. The molecule has 6 nitrogen and oxygen atoms in total. The molecule has 2 fully saturated rings. The fourth-order valence-corrected chi connectivity index (χ4v) is 3.75. The second-order valence-corrected chi connectivity index (χ2v) is 6.74. The second-order valence-electron chi connectivity index (χ2n) is 6.74. The van der Waals surface area contributed by atoms with Gasteiger partial charge in [0.05, 0.1) is 0 Å². The molecular formula is C17H26N4O2. The summed E-state index contributed by atoms with van der Waals surface area (Å²) in [6.45, 7) is 4.74. The van der Waals surface area contributed by atoms with Gasteiger partial charge in [0.2, 0.25) is 0 Å². The van der Waals surface area contributed by atoms with Gasteiger partial charge in [0.15, 0.2) is 5.69 Å². The van der Waals surface area contributed by atoms with Crippen molar-refractivity contribution in [1.82, 2.24) is 20.0 Å². The zero-order valence-electron chi connectivity index (χ0n) is 13.6. The van der Waals surface area contributed by atoms with E-state index in [0.29, 0.717) is 24.7 Å². The van der Waals surface area contributed by atoms with Gasteiger partial charge in [-0.05, 0) is 44.0 Å². The molecule has 0 unspecified atom stereocenters. The average Bonchev–Trinajstić information content (AvgIpc) is 2.82. The highest BCUT2D eigenvalue weighted by atomic mass is 16.3. The van der Waals surface area contributed by atoms with E-state index in [9.17, 15) is 9.90 Å². The van der Waals surface area contributed by atoms with Crippen LogP contribution in [0.3, 0.4) is 0 Å². The first kappa shape index (κ1) is 16.3. The van der Waals surface area contributed by atoms with Gasteiger partial charge in [0.25, 0.3) is 5.91 Å². The first-order chi connectivity index (χ1) is 11.3. The summed E-state index contributed by atoms with van der Waals surface area (Å²) < 4.78 is 0. The van der Waals surface area contributed by atoms with Gasteiger partial charge in [-0.15, -0.1) is 5.10 Å². The topological polar surface area (TPSA) is 69.6 Å². The van der Waals surface area contributed by atoms with E-state index in [-0.39, 0.29) is 18.4 Å². The minimum atomic E-state index is -0.0742. The molecule has 1 amide bonds. The normalized spacial score (nSPS) is 26.2. The summed E-state index contributed by atoms with van der Waals surface area (Å²) in [4.78, 5) is 16.9. The van der Waals surface area contributed by atoms with E-state index in [2.05, 4.69) is 15.1 Å². The maximum absolute atomic E-state index is 12.5. The van der Waals surface area contributed by atoms with Gasteiger partial charge < -0.3 is 14.9 Å². The van der Waals surface area contributed by atoms with Crippen molar-refractivity contribution in [2.75, 3.05) is 39.3 Å². The number of aliphatic hydroxyl groups is 1. The molecule has 0 saturated carbocycles. The number of aromatic nitrogens is 2. The Kier molecular flexibility index (Phi) is 5.56. The molecule has 1 N–H and O–H groups in total. The molecule has 6 heteroatoms. The molecule has 0 spiro atoms. The van der Waals surface area contributed by atoms with Crippen molar-refractivity contribution >= 4 is 5.91 Å². The average molecular weight is 318 g/mol. The molecule has 1 aromatic rings. The molecule has 0 aliphatic carbocycles. The number of hydrogen-bond acceptors (Lipinski definition) is 5. The summed E-state index contributed by atoms with van der Waals surface area (Å²) in [5, 5.41) is 17.4. The van der Waals surface area contributed by atoms with Crippen molar-refractivity contribution in [3.8, 4) is 0 Å². The molecule has 23 heavy (non-hydrogen) atoms. The lowest BCUT2D eigenvalue weighted by atomic mass is 9.96. The van der Waals surface area contributed by atoms with Crippen molar-refractivity contribution in [1.29, 1.82) is 0 Å². The van der Waals surface area contributed by atoms with Crippen LogP contribution in [0.1, 0.15) is 36.2 Å². The van der Waals surface area contributed by atoms with Crippen LogP contribution in [-0.4, -0.2) is 70.3 Å². The molecule has 2 aliphatic heterocycles. The Bertz CT molecular complexity index is 503. The monoisotopic (exact) mass is 318 g/mol. The summed E-state index contributed by atoms with van der Waals surface area (Å²) in [6.07, 6.45) is 6.74. The predicted molar refractivity (Wildman–Crippen MR) is 86.9 cm³/mol. The van der Waals surface area contributed by atoms with Crippen LogP contribution in [0.5, 0.6) is 0 Å². The highest BCUT2D eigenvalue weighted by Gasteiger charge is 2.36. The van der Waals surface area contributed by atoms with Crippen LogP contribution in [0.2, 0.25) is 0 Å². The number of amides is 1. The van der Waals surface area contributed by atoms with Gasteiger partial charge in [-0.3, -0.25) is 4.79 Å². The van der Waals surface area contributed by atoms with Gasteiger partial charge in [-0.2, -0.15) is 5.10 Å². The maximum atomic E-state index is 12.5. The highest BCUT2D eigenvalue weighted by Crippen LogP contribution is 2.26. The van der Waals surface area contributed by atoms with Crippen molar-refractivity contribution in [3.63, 3.8) is 0 Å². The third-order valence-corrected chi connectivity index (χ3v) is 5.08. The van der Waals surface area contributed by atoms with Gasteiger partial charge in [0.1, 0.15) is 0 Å². The summed E-state index contributed by atoms with van der Waals surface area (Å²) in [6, 6.07) is 3.43. The van der Waals surface area contributed by atoms with Crippen molar-refractivity contribution in [3.05, 3.63) is 24.0 Å². The minimum Gasteiger partial charge on any atom is -0.396 e. The SMILES string of the molecule is O=C(c1cccnn1)N1C[C@@H](CO)[C@@H](CN2CCCCCC2)C1. The summed E-state index contributed by atoms with van der Waals surface area (Å²) in [7, 11) is 0. The number of carbonyl (C=O) groups excluding carboxylic acids is 1. The Hall–Kier alpha value is -1.53. The third kappa shape index (κ3) is 4.06. The van der Waals surface area contributed by atoms with Crippen LogP contribution >= 0.6 is 0 Å². The largest absolute Gasteiger partial charge is 0.396 e. The molecule has 3 heterocycles. The molecule has 0 aromatic carbocycles. The highest BCUT2D eigenvalue weighted by molar-refractivity contribution is 5.92. The molecule has 0 radical (unpaired) electrons. The van der Waals surface area contributed by atoms with Gasteiger partial charge in [0, 0.05) is 38.4 Å².